The minimum Gasteiger partial charge on any atom is -0.491 e. The highest BCUT2D eigenvalue weighted by molar-refractivity contribution is 7.10. The largest absolute Gasteiger partial charge is 0.491 e. The molecule has 180 valence electrons. The number of nitrogens with one attached hydrogen (secondary N) is 1. The zero-order chi connectivity index (χ0) is 24.1. The number of ether oxygens (including phenoxy) is 3. The van der Waals surface area contributed by atoms with E-state index in [4.69, 9.17) is 14.2 Å². The normalized spacial score (nSPS) is 15.1. The number of fused-ring (bicyclic) bond motifs is 1. The number of benzene rings is 2. The van der Waals surface area contributed by atoms with E-state index in [1.165, 1.54) is 30.6 Å². The van der Waals surface area contributed by atoms with E-state index in [-0.39, 0.29) is 24.6 Å². The number of thiophene rings is 1. The van der Waals surface area contributed by atoms with Gasteiger partial charge in [0.15, 0.2) is 6.29 Å². The summed E-state index contributed by atoms with van der Waals surface area (Å²) < 4.78 is 30.2. The number of carbonyl (C=O) groups is 1. The van der Waals surface area contributed by atoms with Gasteiger partial charge in [0.05, 0.1) is 36.4 Å². The number of methoxy groups -OCH3 is 1. The highest BCUT2D eigenvalue weighted by Gasteiger charge is 2.23. The number of urea groups is 1. The summed E-state index contributed by atoms with van der Waals surface area (Å²) in [5.74, 6) is 0.433. The molecule has 0 spiro atoms. The average Bonchev–Trinajstić information content (AvgIpc) is 3.18. The van der Waals surface area contributed by atoms with E-state index < -0.39 is 6.29 Å². The maximum absolute atomic E-state index is 13.4. The van der Waals surface area contributed by atoms with Crippen LogP contribution in [0.15, 0.2) is 53.9 Å². The molecule has 1 aliphatic rings. The molecule has 9 heteroatoms. The first-order valence-corrected chi connectivity index (χ1v) is 11.8. The number of rotatable bonds is 7. The number of anilines is 1. The maximum Gasteiger partial charge on any atom is 0.322 e. The lowest BCUT2D eigenvalue weighted by Crippen LogP contribution is -2.36. The van der Waals surface area contributed by atoms with Crippen molar-refractivity contribution < 1.29 is 28.5 Å². The zero-order valence-corrected chi connectivity index (χ0v) is 19.8. The fourth-order valence-electron chi connectivity index (χ4n) is 3.70. The van der Waals surface area contributed by atoms with E-state index in [1.807, 2.05) is 31.2 Å². The van der Waals surface area contributed by atoms with Gasteiger partial charge in [0.25, 0.3) is 0 Å². The Labute approximate surface area is 201 Å². The van der Waals surface area contributed by atoms with Crippen molar-refractivity contribution in [1.82, 2.24) is 4.90 Å². The van der Waals surface area contributed by atoms with Crippen LogP contribution in [-0.4, -0.2) is 36.3 Å². The van der Waals surface area contributed by atoms with Crippen LogP contribution in [0, 0.1) is 5.82 Å². The van der Waals surface area contributed by atoms with Crippen LogP contribution in [0.5, 0.6) is 5.75 Å². The lowest BCUT2D eigenvalue weighted by molar-refractivity contribution is -0.0738. The van der Waals surface area contributed by atoms with Gasteiger partial charge in [0.2, 0.25) is 0 Å². The highest BCUT2D eigenvalue weighted by Crippen LogP contribution is 2.31. The van der Waals surface area contributed by atoms with Crippen LogP contribution in [0.1, 0.15) is 40.9 Å². The fraction of sp³-hybridized carbons (Fsp3) is 0.320. The molecule has 0 saturated carbocycles. The van der Waals surface area contributed by atoms with Gasteiger partial charge in [-0.3, -0.25) is 0 Å². The quantitative estimate of drug-likeness (QED) is 0.447. The number of halogens is 1. The third kappa shape index (κ3) is 5.74. The van der Waals surface area contributed by atoms with Crippen LogP contribution in [0.2, 0.25) is 0 Å². The van der Waals surface area contributed by atoms with Crippen molar-refractivity contribution in [2.75, 3.05) is 25.6 Å². The number of nitrogens with zero attached hydrogens (tertiary/aromatic N) is 1. The molecule has 0 radical (unpaired) electrons. The molecular formula is C25H27FN2O5S. The Kier molecular flexibility index (Phi) is 7.79. The molecule has 34 heavy (non-hydrogen) atoms. The van der Waals surface area contributed by atoms with Gasteiger partial charge in [0, 0.05) is 12.7 Å². The number of aliphatic hydroxyl groups excluding tert-OH is 1. The minimum absolute atomic E-state index is 0.233. The monoisotopic (exact) mass is 486 g/mol. The van der Waals surface area contributed by atoms with Crippen molar-refractivity contribution in [1.29, 1.82) is 0 Å². The third-order valence-corrected chi connectivity index (χ3v) is 6.54. The third-order valence-electron chi connectivity index (χ3n) is 5.59. The minimum atomic E-state index is -1.10. The summed E-state index contributed by atoms with van der Waals surface area (Å²) in [7, 11) is 1.40. The first-order valence-electron chi connectivity index (χ1n) is 10.9. The molecular weight excluding hydrogens is 459 g/mol. The Morgan fingerprint density at radius 2 is 2.15 bits per heavy atom. The molecule has 0 saturated heterocycles. The van der Waals surface area contributed by atoms with Gasteiger partial charge in [-0.1, -0.05) is 18.2 Å². The van der Waals surface area contributed by atoms with E-state index >= 15 is 0 Å². The van der Waals surface area contributed by atoms with Gasteiger partial charge in [-0.15, -0.1) is 11.3 Å². The predicted octanol–water partition coefficient (Wildman–Crippen LogP) is 5.23. The second-order valence-corrected chi connectivity index (χ2v) is 8.88. The lowest BCUT2D eigenvalue weighted by Gasteiger charge is -2.21. The molecule has 2 amide bonds. The lowest BCUT2D eigenvalue weighted by atomic mass is 10.1. The molecule has 2 aromatic carbocycles. The van der Waals surface area contributed by atoms with Crippen LogP contribution >= 0.6 is 11.3 Å². The number of aliphatic hydroxyl groups is 1. The molecule has 1 aromatic heterocycles. The molecule has 7 nitrogen and oxygen atoms in total. The topological polar surface area (TPSA) is 80.3 Å². The number of amides is 2. The fourth-order valence-corrected chi connectivity index (χ4v) is 4.51. The molecule has 0 fully saturated rings. The molecule has 0 bridgehead atoms. The van der Waals surface area contributed by atoms with Crippen LogP contribution in [0.25, 0.3) is 0 Å². The molecule has 2 atom stereocenters. The van der Waals surface area contributed by atoms with E-state index in [2.05, 4.69) is 5.32 Å². The summed E-state index contributed by atoms with van der Waals surface area (Å²) in [6.45, 7) is 3.36. The van der Waals surface area contributed by atoms with Crippen molar-refractivity contribution in [2.24, 2.45) is 0 Å². The van der Waals surface area contributed by atoms with Crippen LogP contribution in [0.3, 0.4) is 0 Å². The molecule has 1 aliphatic heterocycles. The molecule has 0 aliphatic carbocycles. The van der Waals surface area contributed by atoms with Gasteiger partial charge in [-0.2, -0.15) is 0 Å². The van der Waals surface area contributed by atoms with Crippen molar-refractivity contribution in [3.63, 3.8) is 0 Å². The smallest absolute Gasteiger partial charge is 0.322 e. The molecule has 2 heterocycles. The Morgan fingerprint density at radius 1 is 1.29 bits per heavy atom. The van der Waals surface area contributed by atoms with E-state index in [0.717, 1.165) is 22.4 Å². The van der Waals surface area contributed by atoms with Crippen molar-refractivity contribution in [3.8, 4) is 5.75 Å². The number of carbonyl (C=O) groups excluding carboxylic acids is 1. The summed E-state index contributed by atoms with van der Waals surface area (Å²) in [6.07, 6.45) is -1.33. The van der Waals surface area contributed by atoms with Crippen molar-refractivity contribution in [2.45, 2.75) is 32.5 Å². The van der Waals surface area contributed by atoms with E-state index in [9.17, 15) is 14.3 Å². The van der Waals surface area contributed by atoms with E-state index in [0.29, 0.717) is 30.3 Å². The maximum atomic E-state index is 13.4. The first-order chi connectivity index (χ1) is 16.4. The number of hydrogen-bond donors (Lipinski definition) is 2. The Hall–Kier alpha value is -2.98. The van der Waals surface area contributed by atoms with Crippen LogP contribution < -0.4 is 10.1 Å². The Morgan fingerprint density at radius 3 is 2.94 bits per heavy atom. The molecule has 1 unspecified atom stereocenters. The highest BCUT2D eigenvalue weighted by atomic mass is 32.1. The Bertz CT molecular complexity index is 1140. The van der Waals surface area contributed by atoms with Crippen molar-refractivity contribution in [3.05, 3.63) is 81.3 Å². The second-order valence-electron chi connectivity index (χ2n) is 7.94. The standard InChI is InChI=1S/C25H27FN2O5S/c1-16(33-15-17-4-3-5-20(26)12-17)18-6-7-22-19(13-18)14-28(9-10-32-22)25(30)27-21-8-11-34-23(21)24(29)31-2/h3-8,11-13,16,24,29H,9-10,14-15H2,1-2H3,(H,27,30)/t16-,24?/m1/s1. The van der Waals surface area contributed by atoms with Crippen molar-refractivity contribution >= 4 is 23.1 Å². The van der Waals surface area contributed by atoms with Gasteiger partial charge < -0.3 is 29.5 Å². The molecule has 3 aromatic rings. The summed E-state index contributed by atoms with van der Waals surface area (Å²) >= 11 is 1.30. The predicted molar refractivity (Wildman–Crippen MR) is 127 cm³/mol. The summed E-state index contributed by atoms with van der Waals surface area (Å²) in [6, 6.07) is 13.6. The first kappa shape index (κ1) is 24.2. The van der Waals surface area contributed by atoms with Gasteiger partial charge >= 0.3 is 6.03 Å². The summed E-state index contributed by atoms with van der Waals surface area (Å²) in [5, 5.41) is 14.6. The van der Waals surface area contributed by atoms with Gasteiger partial charge in [0.1, 0.15) is 18.2 Å². The zero-order valence-electron chi connectivity index (χ0n) is 19.0. The van der Waals surface area contributed by atoms with Crippen LogP contribution in [-0.2, 0) is 22.6 Å². The van der Waals surface area contributed by atoms with Gasteiger partial charge in [-0.05, 0) is 53.8 Å². The second kappa shape index (κ2) is 11.0. The summed E-state index contributed by atoms with van der Waals surface area (Å²) in [5.41, 5.74) is 3.08. The Balaban J connectivity index is 1.44. The average molecular weight is 487 g/mol. The number of hydrogen-bond acceptors (Lipinski definition) is 6. The summed E-state index contributed by atoms with van der Waals surface area (Å²) in [4.78, 5) is 15.2. The van der Waals surface area contributed by atoms with Crippen LogP contribution in [0.4, 0.5) is 14.9 Å². The molecule has 4 rings (SSSR count). The van der Waals surface area contributed by atoms with Gasteiger partial charge in [-0.25, -0.2) is 9.18 Å². The van der Waals surface area contributed by atoms with E-state index in [1.54, 1.807) is 22.4 Å². The SMILES string of the molecule is COC(O)c1sccc1NC(=O)N1CCOc2ccc([C@@H](C)OCc3cccc(F)c3)cc2C1. The molecule has 2 N–H and O–H groups in total.